The quantitative estimate of drug-likeness (QED) is 0.462. The molecule has 0 atom stereocenters. The average molecular weight is 417 g/mol. The molecule has 1 aliphatic rings. The number of carbonyl (C=O) groups is 1. The molecule has 4 nitrogen and oxygen atoms in total. The van der Waals surface area contributed by atoms with E-state index in [2.05, 4.69) is 18.2 Å². The Labute approximate surface area is 181 Å². The predicted molar refractivity (Wildman–Crippen MR) is 126 cm³/mol. The number of amides is 1. The first-order valence-electron chi connectivity index (χ1n) is 10.1. The van der Waals surface area contributed by atoms with E-state index in [1.54, 1.807) is 4.90 Å². The van der Waals surface area contributed by atoms with Gasteiger partial charge in [-0.15, -0.1) is 0 Å². The Morgan fingerprint density at radius 2 is 1.77 bits per heavy atom. The van der Waals surface area contributed by atoms with Gasteiger partial charge in [0.25, 0.3) is 5.91 Å². The number of fused-ring (bicyclic) bond motifs is 1. The van der Waals surface area contributed by atoms with Gasteiger partial charge in [-0.1, -0.05) is 48.5 Å². The van der Waals surface area contributed by atoms with Crippen LogP contribution < -0.4 is 4.74 Å². The van der Waals surface area contributed by atoms with E-state index >= 15 is 0 Å². The lowest BCUT2D eigenvalue weighted by Crippen LogP contribution is -2.35. The van der Waals surface area contributed by atoms with Gasteiger partial charge in [-0.3, -0.25) is 9.69 Å². The summed E-state index contributed by atoms with van der Waals surface area (Å²) in [6.07, 6.45) is 1.95. The molecule has 0 N–H and O–H groups in total. The lowest BCUT2D eigenvalue weighted by atomic mass is 10.0. The smallest absolute Gasteiger partial charge is 0.266 e. The fraction of sp³-hybridized carbons (Fsp3) is 0.200. The third-order valence-electron chi connectivity index (χ3n) is 4.84. The molecule has 0 unspecified atom stereocenters. The summed E-state index contributed by atoms with van der Waals surface area (Å²) in [4.78, 5) is 20.4. The third-order valence-corrected chi connectivity index (χ3v) is 5.82. The van der Waals surface area contributed by atoms with Crippen LogP contribution in [0.5, 0.6) is 5.75 Å². The van der Waals surface area contributed by atoms with E-state index in [0.717, 1.165) is 27.8 Å². The predicted octanol–water partition coefficient (Wildman–Crippen LogP) is 6.25. The number of nitrogens with zero attached hydrogens (tertiary/aromatic N) is 2. The monoisotopic (exact) mass is 416 g/mol. The summed E-state index contributed by atoms with van der Waals surface area (Å²) in [6.45, 7) is 6.54. The molecule has 0 aromatic heterocycles. The molecule has 30 heavy (non-hydrogen) atoms. The summed E-state index contributed by atoms with van der Waals surface area (Å²) in [6, 6.07) is 21.9. The van der Waals surface area contributed by atoms with E-state index < -0.39 is 0 Å². The van der Waals surface area contributed by atoms with Crippen LogP contribution in [0.25, 0.3) is 16.8 Å². The van der Waals surface area contributed by atoms with Crippen LogP contribution >= 0.6 is 11.8 Å². The van der Waals surface area contributed by atoms with Crippen LogP contribution in [0.2, 0.25) is 0 Å². The molecule has 0 saturated carbocycles. The van der Waals surface area contributed by atoms with Gasteiger partial charge in [0.05, 0.1) is 17.2 Å². The molecule has 1 aliphatic heterocycles. The standard InChI is InChI=1S/C25H24N2O2S/c1-4-29-22-15-14-18-10-8-9-13-20(18)21(22)16-23-24(28)27(17(2)3)25(30-23)26-19-11-6-5-7-12-19/h5-17H,4H2,1-3H3/b23-16+,26-25?. The maximum atomic E-state index is 13.3. The Morgan fingerprint density at radius 3 is 2.50 bits per heavy atom. The molecule has 0 spiro atoms. The summed E-state index contributed by atoms with van der Waals surface area (Å²) in [7, 11) is 0. The number of amidine groups is 1. The molecule has 1 saturated heterocycles. The van der Waals surface area contributed by atoms with Gasteiger partial charge >= 0.3 is 0 Å². The van der Waals surface area contributed by atoms with Crippen LogP contribution in [0.4, 0.5) is 5.69 Å². The normalized spacial score (nSPS) is 16.9. The number of rotatable bonds is 5. The molecular weight excluding hydrogens is 392 g/mol. The minimum Gasteiger partial charge on any atom is -0.493 e. The van der Waals surface area contributed by atoms with Gasteiger partial charge in [-0.05, 0) is 67.6 Å². The van der Waals surface area contributed by atoms with Crippen molar-refractivity contribution < 1.29 is 9.53 Å². The minimum atomic E-state index is -0.0277. The highest BCUT2D eigenvalue weighted by molar-refractivity contribution is 8.18. The van der Waals surface area contributed by atoms with Crippen LogP contribution in [-0.2, 0) is 4.79 Å². The summed E-state index contributed by atoms with van der Waals surface area (Å²) >= 11 is 1.41. The third kappa shape index (κ3) is 3.98. The second-order valence-corrected chi connectivity index (χ2v) is 8.25. The maximum absolute atomic E-state index is 13.3. The van der Waals surface area contributed by atoms with Crippen molar-refractivity contribution in [1.29, 1.82) is 0 Å². The average Bonchev–Trinajstić information content (AvgIpc) is 3.05. The second kappa shape index (κ2) is 8.76. The highest BCUT2D eigenvalue weighted by Crippen LogP contribution is 2.38. The maximum Gasteiger partial charge on any atom is 0.266 e. The Hall–Kier alpha value is -3.05. The summed E-state index contributed by atoms with van der Waals surface area (Å²) in [5.41, 5.74) is 1.76. The summed E-state index contributed by atoms with van der Waals surface area (Å²) in [5.74, 6) is 0.752. The Balaban J connectivity index is 1.82. The number of benzene rings is 3. The van der Waals surface area contributed by atoms with E-state index in [0.29, 0.717) is 16.7 Å². The van der Waals surface area contributed by atoms with Crippen LogP contribution in [0.3, 0.4) is 0 Å². The van der Waals surface area contributed by atoms with Crippen molar-refractivity contribution in [2.75, 3.05) is 6.61 Å². The zero-order valence-corrected chi connectivity index (χ0v) is 18.1. The SMILES string of the molecule is CCOc1ccc2ccccc2c1/C=C1/SC(=Nc2ccccc2)N(C(C)C)C1=O. The second-order valence-electron chi connectivity index (χ2n) is 7.24. The van der Waals surface area contributed by atoms with E-state index in [4.69, 9.17) is 9.73 Å². The van der Waals surface area contributed by atoms with Gasteiger partial charge in [0.15, 0.2) is 5.17 Å². The van der Waals surface area contributed by atoms with Crippen molar-refractivity contribution in [2.24, 2.45) is 4.99 Å². The molecule has 1 heterocycles. The van der Waals surface area contributed by atoms with Crippen molar-refractivity contribution >= 4 is 45.4 Å². The van der Waals surface area contributed by atoms with E-state index in [-0.39, 0.29) is 11.9 Å². The van der Waals surface area contributed by atoms with Gasteiger partial charge in [-0.25, -0.2) is 4.99 Å². The largest absolute Gasteiger partial charge is 0.493 e. The molecule has 0 aliphatic carbocycles. The van der Waals surface area contributed by atoms with Crippen molar-refractivity contribution in [3.8, 4) is 5.75 Å². The Morgan fingerprint density at radius 1 is 1.03 bits per heavy atom. The first-order valence-corrected chi connectivity index (χ1v) is 10.9. The molecule has 0 bridgehead atoms. The summed E-state index contributed by atoms with van der Waals surface area (Å²) in [5, 5.41) is 2.88. The van der Waals surface area contributed by atoms with Crippen LogP contribution in [0.15, 0.2) is 76.6 Å². The zero-order chi connectivity index (χ0) is 21.1. The lowest BCUT2D eigenvalue weighted by molar-refractivity contribution is -0.123. The van der Waals surface area contributed by atoms with Crippen molar-refractivity contribution in [1.82, 2.24) is 4.90 Å². The number of para-hydroxylation sites is 1. The van der Waals surface area contributed by atoms with Gasteiger partial charge < -0.3 is 4.74 Å². The summed E-state index contributed by atoms with van der Waals surface area (Å²) < 4.78 is 5.88. The highest BCUT2D eigenvalue weighted by Gasteiger charge is 2.35. The van der Waals surface area contributed by atoms with E-state index in [1.807, 2.05) is 75.4 Å². The van der Waals surface area contributed by atoms with Crippen LogP contribution in [0.1, 0.15) is 26.3 Å². The fourth-order valence-electron chi connectivity index (χ4n) is 3.47. The van der Waals surface area contributed by atoms with Gasteiger partial charge in [0, 0.05) is 11.6 Å². The van der Waals surface area contributed by atoms with Gasteiger partial charge in [-0.2, -0.15) is 0 Å². The molecular formula is C25H24N2O2S. The molecule has 3 aromatic carbocycles. The molecule has 3 aromatic rings. The number of hydrogen-bond donors (Lipinski definition) is 0. The molecule has 1 fully saturated rings. The van der Waals surface area contributed by atoms with Crippen LogP contribution in [-0.4, -0.2) is 28.6 Å². The number of carbonyl (C=O) groups excluding carboxylic acids is 1. The van der Waals surface area contributed by atoms with Crippen molar-refractivity contribution in [3.63, 3.8) is 0 Å². The van der Waals surface area contributed by atoms with E-state index in [1.165, 1.54) is 11.8 Å². The van der Waals surface area contributed by atoms with Crippen LogP contribution in [0, 0.1) is 0 Å². The minimum absolute atomic E-state index is 0.0113. The number of aliphatic imine (C=N–C) groups is 1. The number of hydrogen-bond acceptors (Lipinski definition) is 4. The molecule has 152 valence electrons. The molecule has 4 rings (SSSR count). The topological polar surface area (TPSA) is 41.9 Å². The molecule has 0 radical (unpaired) electrons. The van der Waals surface area contributed by atoms with Gasteiger partial charge in [0.1, 0.15) is 5.75 Å². The van der Waals surface area contributed by atoms with Crippen molar-refractivity contribution in [2.45, 2.75) is 26.8 Å². The van der Waals surface area contributed by atoms with Gasteiger partial charge in [0.2, 0.25) is 0 Å². The lowest BCUT2D eigenvalue weighted by Gasteiger charge is -2.19. The number of ether oxygens (including phenoxy) is 1. The van der Waals surface area contributed by atoms with E-state index in [9.17, 15) is 4.79 Å². The highest BCUT2D eigenvalue weighted by atomic mass is 32.2. The zero-order valence-electron chi connectivity index (χ0n) is 17.3. The first-order chi connectivity index (χ1) is 14.6. The first kappa shape index (κ1) is 20.2. The molecule has 1 amide bonds. The Kier molecular flexibility index (Phi) is 5.91. The molecule has 5 heteroatoms. The fourth-order valence-corrected chi connectivity index (χ4v) is 4.57. The Bertz CT molecular complexity index is 1140. The van der Waals surface area contributed by atoms with Crippen molar-refractivity contribution in [3.05, 3.63) is 77.2 Å². The number of thioether (sulfide) groups is 1.